The summed E-state index contributed by atoms with van der Waals surface area (Å²) in [6.45, 7) is -2.02. The van der Waals surface area contributed by atoms with Crippen LogP contribution in [0, 0.1) is 5.92 Å². The van der Waals surface area contributed by atoms with Crippen molar-refractivity contribution >= 4 is 26.1 Å². The molecule has 0 aromatic carbocycles. The molecule has 6 atom stereocenters. The molecular formula is C12H20N2O10P2S. The van der Waals surface area contributed by atoms with E-state index in [0.717, 1.165) is 24.9 Å². The quantitative estimate of drug-likeness (QED) is 0.464. The maximum atomic E-state index is 12.0. The van der Waals surface area contributed by atoms with Crippen LogP contribution >= 0.6 is 14.3 Å². The second-order valence-electron chi connectivity index (χ2n) is 5.61. The van der Waals surface area contributed by atoms with Crippen LogP contribution in [0.2, 0.25) is 0 Å². The average Bonchev–Trinajstić information content (AvgIpc) is 2.89. The number of hydrogen-bond donors (Lipinski definition) is 3. The number of nitrogens with zero attached hydrogens (tertiary/aromatic N) is 1. The summed E-state index contributed by atoms with van der Waals surface area (Å²) in [7, 11) is -1.82. The zero-order chi connectivity index (χ0) is 20.4. The molecule has 0 amide bonds. The number of rotatable bonds is 8. The zero-order valence-electron chi connectivity index (χ0n) is 14.6. The molecule has 154 valence electrons. The molecule has 0 bridgehead atoms. The molecule has 1 saturated heterocycles. The Morgan fingerprint density at radius 2 is 2.00 bits per heavy atom. The summed E-state index contributed by atoms with van der Waals surface area (Å²) in [5, 5.41) is 0. The maximum Gasteiger partial charge on any atom is 0.353 e. The summed E-state index contributed by atoms with van der Waals surface area (Å²) >= 11 is 4.83. The molecule has 3 N–H and O–H groups in total. The molecule has 1 aromatic rings. The molecule has 1 aromatic heterocycles. The Morgan fingerprint density at radius 3 is 2.56 bits per heavy atom. The van der Waals surface area contributed by atoms with Gasteiger partial charge in [-0.2, -0.15) is 0 Å². The third-order valence-corrected chi connectivity index (χ3v) is 6.53. The van der Waals surface area contributed by atoms with Crippen molar-refractivity contribution in [3.05, 3.63) is 33.1 Å². The summed E-state index contributed by atoms with van der Waals surface area (Å²) in [6, 6.07) is 1.12. The first-order valence-corrected chi connectivity index (χ1v) is 11.9. The average molecular weight is 446 g/mol. The fourth-order valence-corrected chi connectivity index (χ4v) is 3.82. The van der Waals surface area contributed by atoms with E-state index in [9.17, 15) is 23.9 Å². The zero-order valence-corrected chi connectivity index (χ0v) is 17.2. The predicted molar refractivity (Wildman–Crippen MR) is 95.6 cm³/mol. The van der Waals surface area contributed by atoms with Crippen molar-refractivity contribution in [2.75, 3.05) is 20.6 Å². The number of hydrogen-bond acceptors (Lipinski definition) is 9. The van der Waals surface area contributed by atoms with Gasteiger partial charge in [0, 0.05) is 32.4 Å². The lowest BCUT2D eigenvalue weighted by Crippen LogP contribution is -2.34. The van der Waals surface area contributed by atoms with E-state index in [1.807, 2.05) is 0 Å². The Labute approximate surface area is 158 Å². The third kappa shape index (κ3) is 5.64. The first-order valence-electron chi connectivity index (χ1n) is 7.52. The fourth-order valence-electron chi connectivity index (χ4n) is 2.39. The number of aromatic nitrogens is 2. The highest BCUT2D eigenvalue weighted by Crippen LogP contribution is 2.50. The van der Waals surface area contributed by atoms with E-state index in [4.69, 9.17) is 30.3 Å². The molecule has 2 heterocycles. The second-order valence-corrected chi connectivity index (χ2v) is 10.4. The van der Waals surface area contributed by atoms with Gasteiger partial charge in [0.25, 0.3) is 5.56 Å². The highest BCUT2D eigenvalue weighted by Gasteiger charge is 2.47. The number of H-pyrrole nitrogens is 1. The van der Waals surface area contributed by atoms with Crippen LogP contribution < -0.4 is 11.2 Å². The van der Waals surface area contributed by atoms with Crippen LogP contribution in [-0.2, 0) is 39.4 Å². The van der Waals surface area contributed by atoms with Crippen LogP contribution in [0.4, 0.5) is 0 Å². The summed E-state index contributed by atoms with van der Waals surface area (Å²) in [4.78, 5) is 44.9. The Morgan fingerprint density at radius 1 is 1.33 bits per heavy atom. The smallest absolute Gasteiger partial charge is 0.337 e. The molecule has 3 unspecified atom stereocenters. The van der Waals surface area contributed by atoms with E-state index in [1.54, 1.807) is 6.92 Å². The highest BCUT2D eigenvalue weighted by atomic mass is 32.5. The predicted octanol–water partition coefficient (Wildman–Crippen LogP) is 0.0819. The Bertz CT molecular complexity index is 872. The summed E-state index contributed by atoms with van der Waals surface area (Å²) < 4.78 is 38.2. The molecule has 1 fully saturated rings. The SMILES string of the molecule is COP(=O)(O)COC1O[C@@H](n2ccc(=O)[nH]c2=O)[C@H](C)[C@@H]1OP(O)(=S)OC. The monoisotopic (exact) mass is 446 g/mol. The lowest BCUT2D eigenvalue weighted by molar-refractivity contribution is -0.166. The summed E-state index contributed by atoms with van der Waals surface area (Å²) in [5.41, 5.74) is -1.33. The molecule has 0 radical (unpaired) electrons. The van der Waals surface area contributed by atoms with Crippen LogP contribution in [0.1, 0.15) is 13.2 Å². The van der Waals surface area contributed by atoms with Gasteiger partial charge in [0.15, 0.2) is 12.6 Å². The number of aromatic amines is 1. The van der Waals surface area contributed by atoms with Gasteiger partial charge in [-0.15, -0.1) is 0 Å². The minimum Gasteiger partial charge on any atom is -0.337 e. The van der Waals surface area contributed by atoms with Crippen molar-refractivity contribution < 1.29 is 37.4 Å². The lowest BCUT2D eigenvalue weighted by atomic mass is 10.1. The first-order chi connectivity index (χ1) is 12.5. The third-order valence-electron chi connectivity index (χ3n) is 3.81. The molecule has 15 heteroatoms. The van der Waals surface area contributed by atoms with Gasteiger partial charge in [-0.1, -0.05) is 6.92 Å². The molecular weight excluding hydrogens is 426 g/mol. The van der Waals surface area contributed by atoms with Gasteiger partial charge in [-0.3, -0.25) is 23.4 Å². The fraction of sp³-hybridized carbons (Fsp3) is 0.667. The van der Waals surface area contributed by atoms with Crippen molar-refractivity contribution in [2.24, 2.45) is 5.92 Å². The van der Waals surface area contributed by atoms with Crippen molar-refractivity contribution in [2.45, 2.75) is 25.5 Å². The topological polar surface area (TPSA) is 159 Å². The van der Waals surface area contributed by atoms with E-state index >= 15 is 0 Å². The number of nitrogens with one attached hydrogen (secondary N) is 1. The molecule has 0 saturated carbocycles. The van der Waals surface area contributed by atoms with Gasteiger partial charge in [0.2, 0.25) is 0 Å². The van der Waals surface area contributed by atoms with Gasteiger partial charge >= 0.3 is 20.0 Å². The van der Waals surface area contributed by atoms with E-state index in [0.29, 0.717) is 0 Å². The van der Waals surface area contributed by atoms with Crippen molar-refractivity contribution in [1.82, 2.24) is 9.55 Å². The lowest BCUT2D eigenvalue weighted by Gasteiger charge is -2.25. The van der Waals surface area contributed by atoms with Gasteiger partial charge < -0.3 is 28.3 Å². The van der Waals surface area contributed by atoms with Crippen LogP contribution in [0.3, 0.4) is 0 Å². The van der Waals surface area contributed by atoms with E-state index in [-0.39, 0.29) is 0 Å². The van der Waals surface area contributed by atoms with Gasteiger partial charge in [-0.25, -0.2) is 4.79 Å². The standard InChI is InChI=1S/C12H20N2O10P2S/c1-7-9(24-26(19,27)21-3)11(22-6-25(17,18)20-2)23-10(7)14-5-4-8(15)13-12(14)16/h4-5,7,9-11H,6H2,1-3H3,(H,17,18)(H,19,27)(H,13,15,16)/t7-,9+,10-,11?,26?/m1/s1. The minimum absolute atomic E-state index is 0.589. The molecule has 1 aliphatic heterocycles. The Kier molecular flexibility index (Phi) is 7.31. The van der Waals surface area contributed by atoms with Crippen LogP contribution in [0.5, 0.6) is 0 Å². The van der Waals surface area contributed by atoms with Crippen molar-refractivity contribution in [3.63, 3.8) is 0 Å². The van der Waals surface area contributed by atoms with E-state index in [1.165, 1.54) is 6.20 Å². The minimum atomic E-state index is -4.02. The summed E-state index contributed by atoms with van der Waals surface area (Å²) in [5.74, 6) is -0.621. The van der Waals surface area contributed by atoms with Crippen LogP contribution in [0.25, 0.3) is 0 Å². The Hall–Kier alpha value is -0.720. The van der Waals surface area contributed by atoms with Crippen molar-refractivity contribution in [3.8, 4) is 0 Å². The van der Waals surface area contributed by atoms with Gasteiger partial charge in [0.05, 0.1) is 0 Å². The second kappa shape index (κ2) is 8.75. The molecule has 1 aliphatic rings. The largest absolute Gasteiger partial charge is 0.353 e. The normalized spacial score (nSPS) is 30.0. The number of ether oxygens (including phenoxy) is 2. The molecule has 2 rings (SSSR count). The van der Waals surface area contributed by atoms with E-state index < -0.39 is 56.5 Å². The van der Waals surface area contributed by atoms with Gasteiger partial charge in [-0.05, 0) is 11.8 Å². The van der Waals surface area contributed by atoms with Crippen LogP contribution in [-0.4, -0.2) is 52.3 Å². The van der Waals surface area contributed by atoms with E-state index in [2.05, 4.69) is 9.51 Å². The molecule has 12 nitrogen and oxygen atoms in total. The Balaban J connectivity index is 2.31. The molecule has 0 spiro atoms. The molecule has 27 heavy (non-hydrogen) atoms. The van der Waals surface area contributed by atoms with Crippen LogP contribution in [0.15, 0.2) is 21.9 Å². The first kappa shape index (κ1) is 22.6. The van der Waals surface area contributed by atoms with Crippen molar-refractivity contribution in [1.29, 1.82) is 0 Å². The summed E-state index contributed by atoms with van der Waals surface area (Å²) in [6.07, 6.45) is -2.79. The van der Waals surface area contributed by atoms with Gasteiger partial charge in [0.1, 0.15) is 12.3 Å². The molecule has 0 aliphatic carbocycles. The highest BCUT2D eigenvalue weighted by molar-refractivity contribution is 8.07. The maximum absolute atomic E-state index is 12.0.